The van der Waals surface area contributed by atoms with E-state index in [1.807, 2.05) is 30.3 Å². The van der Waals surface area contributed by atoms with Crippen molar-refractivity contribution in [2.24, 2.45) is 0 Å². The Morgan fingerprint density at radius 1 is 1.00 bits per heavy atom. The molecule has 0 aliphatic carbocycles. The average molecular weight is 378 g/mol. The van der Waals surface area contributed by atoms with Gasteiger partial charge in [0.1, 0.15) is 11.4 Å². The van der Waals surface area contributed by atoms with Crippen LogP contribution in [0.25, 0.3) is 11.3 Å². The first-order valence-electron chi connectivity index (χ1n) is 9.01. The fourth-order valence-electron chi connectivity index (χ4n) is 2.68. The number of phenolic OH excluding ortho intramolecular Hbond substituents is 1. The first kappa shape index (κ1) is 19.2. The van der Waals surface area contributed by atoms with Crippen LogP contribution < -0.4 is 10.6 Å². The molecule has 1 aromatic heterocycles. The van der Waals surface area contributed by atoms with Gasteiger partial charge in [0, 0.05) is 24.2 Å². The maximum Gasteiger partial charge on any atom is 0.269 e. The highest BCUT2D eigenvalue weighted by atomic mass is 16.3. The number of aromatic hydroxyl groups is 1. The molecule has 0 atom stereocenters. The normalized spacial score (nSPS) is 10.5. The Kier molecular flexibility index (Phi) is 6.06. The molecule has 1 heterocycles. The molecule has 0 aliphatic rings. The van der Waals surface area contributed by atoms with E-state index in [9.17, 15) is 14.7 Å². The maximum absolute atomic E-state index is 12.2. The number of carbonyl (C=O) groups excluding carboxylic acids is 2. The van der Waals surface area contributed by atoms with Crippen molar-refractivity contribution in [3.63, 3.8) is 0 Å². The lowest BCUT2D eigenvalue weighted by Gasteiger charge is -2.07. The third-order valence-corrected chi connectivity index (χ3v) is 4.28. The number of H-pyrrole nitrogens is 1. The van der Waals surface area contributed by atoms with E-state index < -0.39 is 0 Å². The highest BCUT2D eigenvalue weighted by Crippen LogP contribution is 2.17. The molecular weight excluding hydrogens is 356 g/mol. The molecule has 0 spiro atoms. The first-order chi connectivity index (χ1) is 13.5. The van der Waals surface area contributed by atoms with Gasteiger partial charge in [0.2, 0.25) is 0 Å². The molecule has 0 bridgehead atoms. The summed E-state index contributed by atoms with van der Waals surface area (Å²) in [5.74, 6) is -0.292. The number of nitrogens with zero attached hydrogens (tertiary/aromatic N) is 1. The van der Waals surface area contributed by atoms with Crippen LogP contribution in [0.5, 0.6) is 5.75 Å². The lowest BCUT2D eigenvalue weighted by Crippen LogP contribution is -2.30. The van der Waals surface area contributed by atoms with Gasteiger partial charge in [-0.2, -0.15) is 5.10 Å². The molecule has 28 heavy (non-hydrogen) atoms. The summed E-state index contributed by atoms with van der Waals surface area (Å²) >= 11 is 0. The van der Waals surface area contributed by atoms with E-state index in [0.717, 1.165) is 5.56 Å². The van der Waals surface area contributed by atoms with Gasteiger partial charge in [-0.05, 0) is 43.2 Å². The summed E-state index contributed by atoms with van der Waals surface area (Å²) in [7, 11) is 0. The highest BCUT2D eigenvalue weighted by molar-refractivity contribution is 5.94. The molecule has 3 aromatic rings. The van der Waals surface area contributed by atoms with Gasteiger partial charge < -0.3 is 15.7 Å². The number of aryl methyl sites for hydroxylation is 1. The monoisotopic (exact) mass is 378 g/mol. The Hall–Kier alpha value is -3.61. The summed E-state index contributed by atoms with van der Waals surface area (Å²) in [6.07, 6.45) is 0.591. The molecule has 7 heteroatoms. The van der Waals surface area contributed by atoms with E-state index in [4.69, 9.17) is 0 Å². The fraction of sp³-hybridized carbons (Fsp3) is 0.190. The molecule has 3 rings (SSSR count). The second kappa shape index (κ2) is 8.85. The summed E-state index contributed by atoms with van der Waals surface area (Å²) in [6.45, 7) is 2.59. The van der Waals surface area contributed by atoms with Crippen LogP contribution in [0.4, 0.5) is 0 Å². The minimum Gasteiger partial charge on any atom is -0.508 e. The number of hydrogen-bond donors (Lipinski definition) is 4. The Labute approximate surface area is 162 Å². The predicted molar refractivity (Wildman–Crippen MR) is 106 cm³/mol. The first-order valence-corrected chi connectivity index (χ1v) is 9.01. The van der Waals surface area contributed by atoms with E-state index in [0.29, 0.717) is 42.0 Å². The Morgan fingerprint density at radius 3 is 2.43 bits per heavy atom. The van der Waals surface area contributed by atoms with Crippen LogP contribution in [0.15, 0.2) is 54.6 Å². The molecule has 4 N–H and O–H groups in total. The molecule has 0 unspecified atom stereocenters. The SMILES string of the molecule is Cc1cc(C(=O)NCCCNC(=O)c2cc(-c3ccccc3)n[nH]2)ccc1O. The Balaban J connectivity index is 1.41. The molecule has 0 radical (unpaired) electrons. The maximum atomic E-state index is 12.2. The van der Waals surface area contributed by atoms with Crippen LogP contribution in [0.1, 0.15) is 32.8 Å². The lowest BCUT2D eigenvalue weighted by molar-refractivity contribution is 0.0948. The van der Waals surface area contributed by atoms with Crippen molar-refractivity contribution in [2.45, 2.75) is 13.3 Å². The van der Waals surface area contributed by atoms with Crippen LogP contribution in [0.3, 0.4) is 0 Å². The van der Waals surface area contributed by atoms with Crippen LogP contribution in [-0.2, 0) is 0 Å². The van der Waals surface area contributed by atoms with Gasteiger partial charge in [-0.15, -0.1) is 0 Å². The van der Waals surface area contributed by atoms with Gasteiger partial charge in [-0.25, -0.2) is 0 Å². The summed E-state index contributed by atoms with van der Waals surface area (Å²) < 4.78 is 0. The lowest BCUT2D eigenvalue weighted by atomic mass is 10.1. The highest BCUT2D eigenvalue weighted by Gasteiger charge is 2.11. The zero-order valence-electron chi connectivity index (χ0n) is 15.5. The van der Waals surface area contributed by atoms with Crippen molar-refractivity contribution in [1.82, 2.24) is 20.8 Å². The number of phenols is 1. The van der Waals surface area contributed by atoms with Gasteiger partial charge in [0.05, 0.1) is 5.69 Å². The number of carbonyl (C=O) groups is 2. The van der Waals surface area contributed by atoms with Crippen LogP contribution in [0.2, 0.25) is 0 Å². The number of benzene rings is 2. The second-order valence-electron chi connectivity index (χ2n) is 6.40. The zero-order valence-corrected chi connectivity index (χ0v) is 15.5. The number of aromatic nitrogens is 2. The van der Waals surface area contributed by atoms with Gasteiger partial charge in [-0.1, -0.05) is 30.3 Å². The molecule has 0 fully saturated rings. The average Bonchev–Trinajstić information content (AvgIpc) is 3.20. The smallest absolute Gasteiger partial charge is 0.269 e. The number of amides is 2. The van der Waals surface area contributed by atoms with E-state index in [-0.39, 0.29) is 17.6 Å². The molecule has 0 aliphatic heterocycles. The minimum absolute atomic E-state index is 0.161. The standard InChI is InChI=1S/C21H22N4O3/c1-14-12-16(8-9-19(14)26)20(27)22-10-5-11-23-21(28)18-13-17(24-25-18)15-6-3-2-4-7-15/h2-4,6-9,12-13,26H,5,10-11H2,1H3,(H,22,27)(H,23,28)(H,24,25). The van der Waals surface area contributed by atoms with E-state index in [1.165, 1.54) is 6.07 Å². The van der Waals surface area contributed by atoms with Crippen LogP contribution in [-0.4, -0.2) is 40.2 Å². The van der Waals surface area contributed by atoms with Gasteiger partial charge >= 0.3 is 0 Å². The largest absolute Gasteiger partial charge is 0.508 e. The summed E-state index contributed by atoms with van der Waals surface area (Å²) in [4.78, 5) is 24.3. The van der Waals surface area contributed by atoms with E-state index in [2.05, 4.69) is 20.8 Å². The third-order valence-electron chi connectivity index (χ3n) is 4.28. The molecule has 0 saturated carbocycles. The van der Waals surface area contributed by atoms with Crippen molar-refractivity contribution >= 4 is 11.8 Å². The number of aromatic amines is 1. The van der Waals surface area contributed by atoms with Crippen molar-refractivity contribution < 1.29 is 14.7 Å². The van der Waals surface area contributed by atoms with Gasteiger partial charge in [0.15, 0.2) is 0 Å². The van der Waals surface area contributed by atoms with Crippen LogP contribution >= 0.6 is 0 Å². The second-order valence-corrected chi connectivity index (χ2v) is 6.40. The van der Waals surface area contributed by atoms with Crippen LogP contribution in [0, 0.1) is 6.92 Å². The fourth-order valence-corrected chi connectivity index (χ4v) is 2.68. The van der Waals surface area contributed by atoms with E-state index >= 15 is 0 Å². The molecule has 7 nitrogen and oxygen atoms in total. The third kappa shape index (κ3) is 4.76. The van der Waals surface area contributed by atoms with Crippen molar-refractivity contribution in [3.05, 3.63) is 71.4 Å². The Morgan fingerprint density at radius 2 is 1.71 bits per heavy atom. The number of rotatable bonds is 7. The topological polar surface area (TPSA) is 107 Å². The van der Waals surface area contributed by atoms with Crippen molar-refractivity contribution in [3.8, 4) is 17.0 Å². The molecule has 2 aromatic carbocycles. The Bertz CT molecular complexity index is 967. The van der Waals surface area contributed by atoms with Crippen molar-refractivity contribution in [1.29, 1.82) is 0 Å². The summed E-state index contributed by atoms with van der Waals surface area (Å²) in [6, 6.07) is 16.0. The van der Waals surface area contributed by atoms with E-state index in [1.54, 1.807) is 25.1 Å². The van der Waals surface area contributed by atoms with Gasteiger partial charge in [-0.3, -0.25) is 14.7 Å². The summed E-state index contributed by atoms with van der Waals surface area (Å²) in [5, 5.41) is 22.0. The zero-order chi connectivity index (χ0) is 19.9. The van der Waals surface area contributed by atoms with Crippen molar-refractivity contribution in [2.75, 3.05) is 13.1 Å². The van der Waals surface area contributed by atoms with Gasteiger partial charge in [0.25, 0.3) is 11.8 Å². The number of nitrogens with one attached hydrogen (secondary N) is 3. The predicted octanol–water partition coefficient (Wildman–Crippen LogP) is 2.64. The number of hydrogen-bond acceptors (Lipinski definition) is 4. The minimum atomic E-state index is -0.241. The molecule has 144 valence electrons. The quantitative estimate of drug-likeness (QED) is 0.474. The molecular formula is C21H22N4O3. The summed E-state index contributed by atoms with van der Waals surface area (Å²) in [5.41, 5.74) is 3.18. The molecule has 2 amide bonds. The molecule has 0 saturated heterocycles.